The molecule has 0 aromatic heterocycles. The zero-order chi connectivity index (χ0) is 7.28. The molecule has 3 heteroatoms. The molecule has 0 spiro atoms. The van der Waals surface area contributed by atoms with Gasteiger partial charge in [-0.2, -0.15) is 0 Å². The minimum absolute atomic E-state index is 0.0324. The van der Waals surface area contributed by atoms with Gasteiger partial charge in [-0.15, -0.1) is 0 Å². The molecule has 0 aliphatic heterocycles. The highest BCUT2D eigenvalue weighted by Gasteiger charge is 2.00. The van der Waals surface area contributed by atoms with E-state index >= 15 is 0 Å². The Hall–Kier alpha value is -0.570. The molecular formula is C6H15N3. The summed E-state index contributed by atoms with van der Waals surface area (Å²) in [7, 11) is 0. The topological polar surface area (TPSA) is 61.9 Å². The molecule has 0 aromatic rings. The molecule has 0 radical (unpaired) electrons. The fourth-order valence-electron chi connectivity index (χ4n) is 0.471. The van der Waals surface area contributed by atoms with Crippen LogP contribution in [0.1, 0.15) is 20.3 Å². The first kappa shape index (κ1) is 8.43. The average Bonchev–Trinajstić information content (AvgIpc) is 1.82. The van der Waals surface area contributed by atoms with Gasteiger partial charge >= 0.3 is 0 Å². The summed E-state index contributed by atoms with van der Waals surface area (Å²) in [4.78, 5) is 0. The van der Waals surface area contributed by atoms with Crippen molar-refractivity contribution in [2.24, 2.45) is 5.73 Å². The Balaban J connectivity index is 3.27. The summed E-state index contributed by atoms with van der Waals surface area (Å²) in [5, 5.41) is 10.1. The predicted octanol–water partition coefficient (Wildman–Crippen LogP) is 0.310. The molecule has 0 aliphatic rings. The molecule has 0 saturated carbocycles. The molecule has 4 N–H and O–H groups in total. The maximum absolute atomic E-state index is 6.99. The van der Waals surface area contributed by atoms with Gasteiger partial charge in [0.15, 0.2) is 0 Å². The van der Waals surface area contributed by atoms with Crippen molar-refractivity contribution >= 4 is 5.84 Å². The normalized spacial score (nSPS) is 13.1. The van der Waals surface area contributed by atoms with Crippen molar-refractivity contribution in [3.63, 3.8) is 0 Å². The molecule has 9 heavy (non-hydrogen) atoms. The van der Waals surface area contributed by atoms with E-state index in [0.29, 0.717) is 0 Å². The summed E-state index contributed by atoms with van der Waals surface area (Å²) in [6.07, 6.45) is 1.08. The first-order chi connectivity index (χ1) is 4.18. The van der Waals surface area contributed by atoms with E-state index in [2.05, 4.69) is 12.2 Å². The van der Waals surface area contributed by atoms with Crippen LogP contribution < -0.4 is 11.1 Å². The van der Waals surface area contributed by atoms with Gasteiger partial charge in [0, 0.05) is 0 Å². The highest BCUT2D eigenvalue weighted by molar-refractivity contribution is 5.82. The summed E-state index contributed by atoms with van der Waals surface area (Å²) in [5.74, 6) is 0.212. The first-order valence-corrected chi connectivity index (χ1v) is 3.25. The van der Waals surface area contributed by atoms with Crippen LogP contribution in [0.3, 0.4) is 0 Å². The van der Waals surface area contributed by atoms with Crippen molar-refractivity contribution in [3.8, 4) is 0 Å². The average molecular weight is 129 g/mol. The van der Waals surface area contributed by atoms with Gasteiger partial charge in [-0.3, -0.25) is 5.41 Å². The van der Waals surface area contributed by atoms with E-state index in [0.717, 1.165) is 13.0 Å². The van der Waals surface area contributed by atoms with Gasteiger partial charge in [-0.05, 0) is 19.9 Å². The van der Waals surface area contributed by atoms with Crippen molar-refractivity contribution in [1.82, 2.24) is 5.32 Å². The van der Waals surface area contributed by atoms with Crippen molar-refractivity contribution in [1.29, 1.82) is 5.41 Å². The molecule has 0 fully saturated rings. The lowest BCUT2D eigenvalue weighted by atomic mass is 10.3. The van der Waals surface area contributed by atoms with E-state index in [-0.39, 0.29) is 11.9 Å². The minimum atomic E-state index is 0.0324. The lowest BCUT2D eigenvalue weighted by Crippen LogP contribution is -2.38. The number of hydrogen-bond donors (Lipinski definition) is 3. The van der Waals surface area contributed by atoms with Gasteiger partial charge in [-0.1, -0.05) is 6.92 Å². The second kappa shape index (κ2) is 4.32. The van der Waals surface area contributed by atoms with Gasteiger partial charge < -0.3 is 11.1 Å². The molecule has 0 heterocycles. The van der Waals surface area contributed by atoms with Crippen LogP contribution >= 0.6 is 0 Å². The van der Waals surface area contributed by atoms with Gasteiger partial charge in [0.2, 0.25) is 0 Å². The Morgan fingerprint density at radius 1 is 1.78 bits per heavy atom. The number of hydrogen-bond acceptors (Lipinski definition) is 2. The van der Waals surface area contributed by atoms with Gasteiger partial charge in [0.05, 0.1) is 6.04 Å². The molecule has 0 saturated heterocycles. The molecule has 0 unspecified atom stereocenters. The monoisotopic (exact) mass is 129 g/mol. The number of nitrogens with two attached hydrogens (primary N) is 1. The van der Waals surface area contributed by atoms with Crippen LogP contribution in [0.15, 0.2) is 0 Å². The molecule has 0 rings (SSSR count). The van der Waals surface area contributed by atoms with E-state index in [1.54, 1.807) is 0 Å². The standard InChI is InChI=1S/C6H15N3/c1-3-4-9-5(2)6(7)8/h5,9H,3-4H2,1-2H3,(H3,7,8)/t5-/m1/s1. The molecule has 0 aliphatic carbocycles. The lowest BCUT2D eigenvalue weighted by molar-refractivity contribution is 0.640. The van der Waals surface area contributed by atoms with Gasteiger partial charge in [0.1, 0.15) is 5.84 Å². The van der Waals surface area contributed by atoms with Crippen LogP contribution in [0.2, 0.25) is 0 Å². The summed E-state index contributed by atoms with van der Waals surface area (Å²) in [6, 6.07) is 0.0324. The summed E-state index contributed by atoms with van der Waals surface area (Å²) in [6.45, 7) is 4.90. The number of rotatable bonds is 4. The van der Waals surface area contributed by atoms with Crippen LogP contribution in [0.5, 0.6) is 0 Å². The van der Waals surface area contributed by atoms with Crippen LogP contribution in [0.25, 0.3) is 0 Å². The van der Waals surface area contributed by atoms with E-state index < -0.39 is 0 Å². The predicted molar refractivity (Wildman–Crippen MR) is 39.7 cm³/mol. The maximum atomic E-state index is 6.99. The van der Waals surface area contributed by atoms with Crippen LogP contribution in [0, 0.1) is 5.41 Å². The summed E-state index contributed by atoms with van der Waals surface area (Å²) >= 11 is 0. The second-order valence-corrected chi connectivity index (χ2v) is 2.13. The Bertz CT molecular complexity index is 90.3. The zero-order valence-electron chi connectivity index (χ0n) is 6.07. The molecule has 0 amide bonds. The third-order valence-electron chi connectivity index (χ3n) is 1.17. The van der Waals surface area contributed by atoms with Gasteiger partial charge in [-0.25, -0.2) is 0 Å². The van der Waals surface area contributed by atoms with Crippen molar-refractivity contribution in [2.45, 2.75) is 26.3 Å². The van der Waals surface area contributed by atoms with Crippen molar-refractivity contribution < 1.29 is 0 Å². The molecular weight excluding hydrogens is 114 g/mol. The van der Waals surface area contributed by atoms with Gasteiger partial charge in [0.25, 0.3) is 0 Å². The smallest absolute Gasteiger partial charge is 0.108 e. The first-order valence-electron chi connectivity index (χ1n) is 3.25. The number of amidine groups is 1. The van der Waals surface area contributed by atoms with Crippen LogP contribution in [-0.2, 0) is 0 Å². The third-order valence-corrected chi connectivity index (χ3v) is 1.17. The quantitative estimate of drug-likeness (QED) is 0.378. The highest BCUT2D eigenvalue weighted by atomic mass is 14.9. The van der Waals surface area contributed by atoms with E-state index in [1.807, 2.05) is 6.92 Å². The minimum Gasteiger partial charge on any atom is -0.386 e. The fourth-order valence-corrected chi connectivity index (χ4v) is 0.471. The van der Waals surface area contributed by atoms with E-state index in [4.69, 9.17) is 11.1 Å². The fraction of sp³-hybridized carbons (Fsp3) is 0.833. The van der Waals surface area contributed by atoms with Crippen molar-refractivity contribution in [2.75, 3.05) is 6.54 Å². The van der Waals surface area contributed by atoms with E-state index in [9.17, 15) is 0 Å². The highest BCUT2D eigenvalue weighted by Crippen LogP contribution is 1.79. The zero-order valence-corrected chi connectivity index (χ0v) is 6.07. The van der Waals surface area contributed by atoms with Crippen LogP contribution in [0.4, 0.5) is 0 Å². The van der Waals surface area contributed by atoms with Crippen LogP contribution in [-0.4, -0.2) is 18.4 Å². The summed E-state index contributed by atoms with van der Waals surface area (Å²) < 4.78 is 0. The van der Waals surface area contributed by atoms with E-state index in [1.165, 1.54) is 0 Å². The Kier molecular flexibility index (Phi) is 4.05. The third kappa shape index (κ3) is 3.97. The summed E-state index contributed by atoms with van der Waals surface area (Å²) in [5.41, 5.74) is 5.20. The largest absolute Gasteiger partial charge is 0.386 e. The Morgan fingerprint density at radius 3 is 2.67 bits per heavy atom. The molecule has 0 bridgehead atoms. The Labute approximate surface area is 56.1 Å². The molecule has 3 nitrogen and oxygen atoms in total. The Morgan fingerprint density at radius 2 is 2.33 bits per heavy atom. The van der Waals surface area contributed by atoms with Crippen molar-refractivity contribution in [3.05, 3.63) is 0 Å². The second-order valence-electron chi connectivity index (χ2n) is 2.13. The number of nitrogens with one attached hydrogen (secondary N) is 2. The molecule has 0 aromatic carbocycles. The lowest BCUT2D eigenvalue weighted by Gasteiger charge is -2.09. The molecule has 54 valence electrons. The molecule has 1 atom stereocenters. The maximum Gasteiger partial charge on any atom is 0.108 e. The SMILES string of the molecule is CCCN[C@H](C)C(=N)N.